The Morgan fingerprint density at radius 3 is 2.37 bits per heavy atom. The van der Waals surface area contributed by atoms with Crippen molar-refractivity contribution in [2.75, 3.05) is 0 Å². The molecule has 3 rings (SSSR count). The number of hydrogen-bond acceptors (Lipinski definition) is 4. The summed E-state index contributed by atoms with van der Waals surface area (Å²) in [4.78, 5) is 24.0. The van der Waals surface area contributed by atoms with E-state index in [4.69, 9.17) is 11.6 Å². The minimum absolute atomic E-state index is 0.0277. The first kappa shape index (κ1) is 18.8. The number of carbonyl (C=O) groups is 1. The lowest BCUT2D eigenvalue weighted by Crippen LogP contribution is -2.21. The third-order valence-corrected chi connectivity index (χ3v) is 4.88. The highest BCUT2D eigenvalue weighted by Crippen LogP contribution is 2.31. The maximum absolute atomic E-state index is 13.2. The Balaban J connectivity index is 2.06. The molecule has 0 saturated carbocycles. The molecular weight excluding hydrogens is 366 g/mol. The van der Waals surface area contributed by atoms with Crippen LogP contribution >= 0.6 is 11.6 Å². The van der Waals surface area contributed by atoms with E-state index in [2.05, 4.69) is 5.10 Å². The number of halogens is 1. The Hall–Kier alpha value is -2.99. The van der Waals surface area contributed by atoms with Crippen LogP contribution in [-0.4, -0.2) is 20.5 Å². The molecule has 1 atom stereocenters. The molecule has 138 valence electrons. The zero-order chi connectivity index (χ0) is 19.6. The van der Waals surface area contributed by atoms with Gasteiger partial charge in [-0.25, -0.2) is 0 Å². The normalized spacial score (nSPS) is 12.0. The summed E-state index contributed by atoms with van der Waals surface area (Å²) in [6, 6.07) is 16.1. The van der Waals surface area contributed by atoms with Crippen LogP contribution in [0.2, 0.25) is 5.02 Å². The molecule has 0 aliphatic carbocycles. The molecule has 3 aromatic rings. The lowest BCUT2D eigenvalue weighted by Gasteiger charge is -2.18. The Morgan fingerprint density at radius 2 is 1.78 bits per heavy atom. The third kappa shape index (κ3) is 3.75. The molecule has 0 unspecified atom stereocenters. The molecule has 1 aromatic heterocycles. The average molecular weight is 384 g/mol. The summed E-state index contributed by atoms with van der Waals surface area (Å²) >= 11 is 6.35. The number of Topliss-reactive ketones (excluding diaryl/α,β-unsaturated/α-hetero) is 1. The fourth-order valence-corrected chi connectivity index (χ4v) is 3.45. The molecule has 0 amide bonds. The summed E-state index contributed by atoms with van der Waals surface area (Å²) in [5.41, 5.74) is 1.93. The lowest BCUT2D eigenvalue weighted by atomic mass is 9.90. The number of ketones is 1. The van der Waals surface area contributed by atoms with Crippen LogP contribution in [0.1, 0.15) is 33.2 Å². The van der Waals surface area contributed by atoms with E-state index in [0.29, 0.717) is 27.5 Å². The third-order valence-electron chi connectivity index (χ3n) is 4.54. The molecule has 2 aromatic carbocycles. The van der Waals surface area contributed by atoms with Gasteiger partial charge in [0.15, 0.2) is 5.78 Å². The number of aryl methyl sites for hydroxylation is 1. The molecular formula is C20H18ClN3O3. The van der Waals surface area contributed by atoms with Gasteiger partial charge in [0, 0.05) is 10.6 Å². The van der Waals surface area contributed by atoms with Gasteiger partial charge in [0.2, 0.25) is 0 Å². The van der Waals surface area contributed by atoms with Gasteiger partial charge in [-0.15, -0.1) is 0 Å². The van der Waals surface area contributed by atoms with Crippen LogP contribution < -0.4 is 0 Å². The van der Waals surface area contributed by atoms with Crippen molar-refractivity contribution in [1.29, 1.82) is 0 Å². The van der Waals surface area contributed by atoms with Crippen molar-refractivity contribution in [2.24, 2.45) is 0 Å². The van der Waals surface area contributed by atoms with Crippen molar-refractivity contribution in [3.63, 3.8) is 0 Å². The van der Waals surface area contributed by atoms with Gasteiger partial charge >= 0.3 is 5.69 Å². The van der Waals surface area contributed by atoms with Crippen molar-refractivity contribution in [2.45, 2.75) is 26.3 Å². The van der Waals surface area contributed by atoms with Crippen LogP contribution in [0.25, 0.3) is 0 Å². The van der Waals surface area contributed by atoms with Gasteiger partial charge in [0.05, 0.1) is 17.4 Å². The maximum Gasteiger partial charge on any atom is 0.312 e. The number of nitrogens with zero attached hydrogens (tertiary/aromatic N) is 3. The fourth-order valence-electron chi connectivity index (χ4n) is 3.19. The maximum atomic E-state index is 13.2. The van der Waals surface area contributed by atoms with Gasteiger partial charge in [0.25, 0.3) is 0 Å². The van der Waals surface area contributed by atoms with Crippen LogP contribution in [0.15, 0.2) is 54.6 Å². The van der Waals surface area contributed by atoms with Gasteiger partial charge in [-0.05, 0) is 25.5 Å². The number of aromatic nitrogens is 2. The summed E-state index contributed by atoms with van der Waals surface area (Å²) in [6.45, 7) is 3.39. The van der Waals surface area contributed by atoms with Crippen molar-refractivity contribution < 1.29 is 9.72 Å². The minimum atomic E-state index is -0.612. The Morgan fingerprint density at radius 1 is 1.15 bits per heavy atom. The van der Waals surface area contributed by atoms with Gasteiger partial charge in [-0.1, -0.05) is 60.1 Å². The molecule has 0 N–H and O–H groups in total. The first-order chi connectivity index (χ1) is 12.9. The summed E-state index contributed by atoms with van der Waals surface area (Å²) in [5, 5.41) is 16.0. The molecule has 6 nitrogen and oxygen atoms in total. The van der Waals surface area contributed by atoms with Crippen molar-refractivity contribution in [3.05, 3.63) is 92.2 Å². The summed E-state index contributed by atoms with van der Waals surface area (Å²) in [5.74, 6) is -0.724. The lowest BCUT2D eigenvalue weighted by molar-refractivity contribution is -0.386. The Bertz CT molecular complexity index is 999. The molecule has 0 saturated heterocycles. The topological polar surface area (TPSA) is 78.0 Å². The molecule has 27 heavy (non-hydrogen) atoms. The Labute approximate surface area is 161 Å². The molecule has 1 heterocycles. The van der Waals surface area contributed by atoms with E-state index < -0.39 is 10.8 Å². The first-order valence-corrected chi connectivity index (χ1v) is 8.80. The monoisotopic (exact) mass is 383 g/mol. The molecule has 7 heteroatoms. The van der Waals surface area contributed by atoms with Crippen LogP contribution in [0.3, 0.4) is 0 Å². The predicted molar refractivity (Wildman–Crippen MR) is 103 cm³/mol. The van der Waals surface area contributed by atoms with Crippen LogP contribution in [-0.2, 0) is 6.54 Å². The van der Waals surface area contributed by atoms with Gasteiger partial charge < -0.3 is 0 Å². The van der Waals surface area contributed by atoms with E-state index in [0.717, 1.165) is 0 Å². The van der Waals surface area contributed by atoms with Crippen molar-refractivity contribution in [1.82, 2.24) is 9.78 Å². The van der Waals surface area contributed by atoms with E-state index in [-0.39, 0.29) is 18.0 Å². The number of benzene rings is 2. The summed E-state index contributed by atoms with van der Waals surface area (Å²) < 4.78 is 1.52. The van der Waals surface area contributed by atoms with Gasteiger partial charge in [0.1, 0.15) is 11.4 Å². The molecule has 0 fully saturated rings. The van der Waals surface area contributed by atoms with E-state index in [9.17, 15) is 14.9 Å². The van der Waals surface area contributed by atoms with Gasteiger partial charge in [-0.3, -0.25) is 19.6 Å². The second kappa shape index (κ2) is 7.72. The number of hydrogen-bond donors (Lipinski definition) is 0. The van der Waals surface area contributed by atoms with Crippen LogP contribution in [0.5, 0.6) is 0 Å². The van der Waals surface area contributed by atoms with Crippen LogP contribution in [0.4, 0.5) is 5.69 Å². The van der Waals surface area contributed by atoms with E-state index in [1.54, 1.807) is 56.3 Å². The highest BCUT2D eigenvalue weighted by Gasteiger charge is 2.28. The summed E-state index contributed by atoms with van der Waals surface area (Å²) in [6.07, 6.45) is 0. The number of rotatable bonds is 6. The van der Waals surface area contributed by atoms with Gasteiger partial charge in [-0.2, -0.15) is 5.10 Å². The SMILES string of the molecule is Cc1nn(C[C@@H](C(=O)c2ccccc2)c2ccccc2Cl)c(C)c1[N+](=O)[O-]. The van der Waals surface area contributed by atoms with Crippen LogP contribution in [0, 0.1) is 24.0 Å². The minimum Gasteiger partial charge on any atom is -0.293 e. The molecule has 0 radical (unpaired) electrons. The zero-order valence-electron chi connectivity index (χ0n) is 14.9. The predicted octanol–water partition coefficient (Wildman–Crippen LogP) is 4.73. The Kier molecular flexibility index (Phi) is 5.37. The second-order valence-corrected chi connectivity index (χ2v) is 6.67. The zero-order valence-corrected chi connectivity index (χ0v) is 15.7. The fraction of sp³-hybridized carbons (Fsp3) is 0.200. The van der Waals surface area contributed by atoms with E-state index in [1.807, 2.05) is 12.1 Å². The van der Waals surface area contributed by atoms with E-state index >= 15 is 0 Å². The second-order valence-electron chi connectivity index (χ2n) is 6.26. The highest BCUT2D eigenvalue weighted by atomic mass is 35.5. The van der Waals surface area contributed by atoms with E-state index in [1.165, 1.54) is 4.68 Å². The van der Waals surface area contributed by atoms with Crippen molar-refractivity contribution >= 4 is 23.1 Å². The average Bonchev–Trinajstić information content (AvgIpc) is 2.94. The molecule has 0 aliphatic heterocycles. The number of nitro groups is 1. The first-order valence-electron chi connectivity index (χ1n) is 8.42. The quantitative estimate of drug-likeness (QED) is 0.350. The molecule has 0 aliphatic rings. The number of carbonyl (C=O) groups excluding carboxylic acids is 1. The highest BCUT2D eigenvalue weighted by molar-refractivity contribution is 6.31. The smallest absolute Gasteiger partial charge is 0.293 e. The summed E-state index contributed by atoms with van der Waals surface area (Å²) in [7, 11) is 0. The molecule has 0 bridgehead atoms. The largest absolute Gasteiger partial charge is 0.312 e. The standard InChI is InChI=1S/C20H18ClN3O3/c1-13-19(24(26)27)14(2)23(22-13)12-17(16-10-6-7-11-18(16)21)20(25)15-8-4-3-5-9-15/h3-11,17H,12H2,1-2H3/t17-/m1/s1. The van der Waals surface area contributed by atoms with Crippen molar-refractivity contribution in [3.8, 4) is 0 Å². The molecule has 0 spiro atoms.